The van der Waals surface area contributed by atoms with E-state index in [9.17, 15) is 44.1 Å². The van der Waals surface area contributed by atoms with E-state index in [4.69, 9.17) is 23.7 Å². The van der Waals surface area contributed by atoms with Crippen LogP contribution in [0.3, 0.4) is 0 Å². The molecule has 0 aromatic rings. The zero-order valence-electron chi connectivity index (χ0n) is 29.7. The molecule has 280 valence electrons. The molecule has 10 rings (SSSR count). The summed E-state index contributed by atoms with van der Waals surface area (Å²) in [6, 6.07) is 0. The number of rotatable bonds is 0. The van der Waals surface area contributed by atoms with E-state index < -0.39 is 87.5 Å². The van der Waals surface area contributed by atoms with Crippen molar-refractivity contribution in [3.8, 4) is 0 Å². The lowest BCUT2D eigenvalue weighted by Gasteiger charge is -2.63. The van der Waals surface area contributed by atoms with Crippen molar-refractivity contribution in [2.45, 2.75) is 88.8 Å². The fourth-order valence-electron chi connectivity index (χ4n) is 12.9. The van der Waals surface area contributed by atoms with Gasteiger partial charge in [-0.3, -0.25) is 14.4 Å². The van der Waals surface area contributed by atoms with Crippen molar-refractivity contribution in [3.63, 3.8) is 0 Å². The van der Waals surface area contributed by atoms with Gasteiger partial charge in [-0.1, -0.05) is 6.92 Å². The van der Waals surface area contributed by atoms with Crippen molar-refractivity contribution in [2.24, 2.45) is 46.3 Å². The van der Waals surface area contributed by atoms with Gasteiger partial charge in [-0.25, -0.2) is 14.4 Å². The normalized spacial score (nSPS) is 49.3. The number of hydrogen-bond donors (Lipinski definition) is 3. The summed E-state index contributed by atoms with van der Waals surface area (Å²) >= 11 is 0. The van der Waals surface area contributed by atoms with Crippen LogP contribution in [-0.4, -0.2) is 93.4 Å². The standard InChI is InChI=1S/C39H40O14/c1-15-7-8-49-25(40)5-6-26(41)50-13-17-18-11-23-34(3,19-9-22(19)37(23,47)14-51-30(15)42)24-12-36(46)21-10-20(21)35(4)29(36)28(38(18,24)52-32(17)44)27-16(2)31(43)53-39(27,48)33(35)45/h7,19-24,46-48H,5-6,8-14H2,1-4H3. The third kappa shape index (κ3) is 3.62. The summed E-state index contributed by atoms with van der Waals surface area (Å²) in [5.74, 6) is -10.0. The predicted octanol–water partition coefficient (Wildman–Crippen LogP) is 1.20. The molecule has 5 saturated carbocycles. The quantitative estimate of drug-likeness (QED) is 0.236. The first-order chi connectivity index (χ1) is 24.9. The van der Waals surface area contributed by atoms with Crippen LogP contribution in [0.2, 0.25) is 0 Å². The Balaban J connectivity index is 1.22. The third-order valence-corrected chi connectivity index (χ3v) is 15.4. The van der Waals surface area contributed by atoms with E-state index >= 15 is 0 Å². The van der Waals surface area contributed by atoms with Gasteiger partial charge in [0.25, 0.3) is 5.79 Å². The van der Waals surface area contributed by atoms with Crippen LogP contribution < -0.4 is 0 Å². The summed E-state index contributed by atoms with van der Waals surface area (Å²) in [6.07, 6.45) is 1.83. The van der Waals surface area contributed by atoms with Gasteiger partial charge in [-0.2, -0.15) is 0 Å². The molecule has 3 aliphatic heterocycles. The minimum absolute atomic E-state index is 0.0138. The number of fused-ring (bicyclic) bond motifs is 9. The molecule has 12 unspecified atom stereocenters. The first-order valence-corrected chi connectivity index (χ1v) is 18.4. The van der Waals surface area contributed by atoms with Crippen molar-refractivity contribution in [2.75, 3.05) is 19.8 Å². The molecule has 14 nitrogen and oxygen atoms in total. The molecule has 14 heteroatoms. The van der Waals surface area contributed by atoms with E-state index in [0.29, 0.717) is 24.0 Å². The summed E-state index contributed by atoms with van der Waals surface area (Å²) in [5.41, 5.74) is -6.43. The maximum Gasteiger partial charge on any atom is 0.338 e. The van der Waals surface area contributed by atoms with Gasteiger partial charge in [0, 0.05) is 34.1 Å². The van der Waals surface area contributed by atoms with Gasteiger partial charge in [0.05, 0.1) is 29.4 Å². The third-order valence-electron chi connectivity index (χ3n) is 15.4. The molecule has 2 bridgehead atoms. The Morgan fingerprint density at radius 2 is 1.45 bits per heavy atom. The largest absolute Gasteiger partial charge is 0.461 e. The van der Waals surface area contributed by atoms with Crippen molar-refractivity contribution in [1.82, 2.24) is 0 Å². The van der Waals surface area contributed by atoms with Gasteiger partial charge in [0.1, 0.15) is 25.4 Å². The Morgan fingerprint density at radius 3 is 2.19 bits per heavy atom. The lowest BCUT2D eigenvalue weighted by molar-refractivity contribution is -0.202. The summed E-state index contributed by atoms with van der Waals surface area (Å²) < 4.78 is 28.6. The predicted molar refractivity (Wildman–Crippen MR) is 173 cm³/mol. The van der Waals surface area contributed by atoms with Crippen LogP contribution in [0.1, 0.15) is 66.2 Å². The van der Waals surface area contributed by atoms with Crippen molar-refractivity contribution < 1.29 is 67.8 Å². The molecule has 0 saturated heterocycles. The van der Waals surface area contributed by atoms with Gasteiger partial charge in [-0.05, 0) is 92.8 Å². The summed E-state index contributed by atoms with van der Waals surface area (Å²) in [4.78, 5) is 80.7. The molecule has 5 fully saturated rings. The topological polar surface area (TPSA) is 209 Å². The number of esters is 5. The summed E-state index contributed by atoms with van der Waals surface area (Å²) in [6.45, 7) is 5.45. The molecule has 0 radical (unpaired) electrons. The number of carbonyl (C=O) groups excluding carboxylic acids is 6. The molecule has 10 aliphatic rings. The Morgan fingerprint density at radius 1 is 0.755 bits per heavy atom. The molecule has 3 N–H and O–H groups in total. The van der Waals surface area contributed by atoms with Crippen molar-refractivity contribution >= 4 is 35.6 Å². The van der Waals surface area contributed by atoms with Gasteiger partial charge in [0.2, 0.25) is 5.78 Å². The van der Waals surface area contributed by atoms with Crippen LogP contribution in [0.25, 0.3) is 0 Å². The molecular formula is C39H40O14. The molecule has 0 amide bonds. The van der Waals surface area contributed by atoms with Crippen LogP contribution in [0.4, 0.5) is 0 Å². The molecule has 0 aromatic heterocycles. The van der Waals surface area contributed by atoms with Crippen molar-refractivity contribution in [1.29, 1.82) is 0 Å². The second-order valence-corrected chi connectivity index (χ2v) is 17.4. The zero-order valence-corrected chi connectivity index (χ0v) is 29.7. The van der Waals surface area contributed by atoms with Gasteiger partial charge in [0.15, 0.2) is 5.60 Å². The lowest BCUT2D eigenvalue weighted by atomic mass is 9.42. The summed E-state index contributed by atoms with van der Waals surface area (Å²) in [7, 11) is 0. The maximum absolute atomic E-state index is 14.5. The number of carbonyl (C=O) groups is 6. The van der Waals surface area contributed by atoms with E-state index in [1.165, 1.54) is 19.9 Å². The van der Waals surface area contributed by atoms with E-state index in [0.717, 1.165) is 0 Å². The molecular weight excluding hydrogens is 692 g/mol. The van der Waals surface area contributed by atoms with Crippen LogP contribution in [0, 0.1) is 46.3 Å². The van der Waals surface area contributed by atoms with Gasteiger partial charge < -0.3 is 39.0 Å². The van der Waals surface area contributed by atoms with Gasteiger partial charge in [-0.15, -0.1) is 0 Å². The smallest absolute Gasteiger partial charge is 0.338 e. The number of Topliss-reactive ketones (excluding diaryl/α,β-unsaturated/α-hetero) is 1. The average Bonchev–Trinajstić information content (AvgIpc) is 4.01. The second-order valence-electron chi connectivity index (χ2n) is 17.4. The summed E-state index contributed by atoms with van der Waals surface area (Å²) in [5, 5.41) is 38.0. The Kier molecular flexibility index (Phi) is 6.15. The first kappa shape index (κ1) is 33.4. The minimum atomic E-state index is -2.70. The maximum atomic E-state index is 14.5. The van der Waals surface area contributed by atoms with E-state index in [1.807, 2.05) is 6.92 Å². The molecule has 12 atom stereocenters. The number of aliphatic hydroxyl groups is 3. The molecule has 0 aromatic carbocycles. The SMILES string of the molecule is CC1=CCOC(=O)CCC(=O)OCC2=C3CC4C(O)(COC1=O)C1CC1C4(C)C1CC4(O)C5=C(C6=C(C)C(=O)OC6(O)C(=O)C5(C)C5CC54)C31OC2=O. The van der Waals surface area contributed by atoms with E-state index in [-0.39, 0.29) is 90.4 Å². The van der Waals surface area contributed by atoms with Crippen LogP contribution in [-0.2, 0) is 52.5 Å². The van der Waals surface area contributed by atoms with E-state index in [2.05, 4.69) is 0 Å². The molecule has 7 aliphatic carbocycles. The molecule has 1 spiro atoms. The highest BCUT2D eigenvalue weighted by Crippen LogP contribution is 2.84. The average molecular weight is 733 g/mol. The molecule has 3 heterocycles. The zero-order chi connectivity index (χ0) is 37.6. The number of ether oxygens (including phenoxy) is 5. The Labute approximate surface area is 303 Å². The lowest BCUT2D eigenvalue weighted by Crippen LogP contribution is -2.68. The highest BCUT2D eigenvalue weighted by molar-refractivity contribution is 6.10. The van der Waals surface area contributed by atoms with Crippen LogP contribution in [0.15, 0.2) is 45.1 Å². The van der Waals surface area contributed by atoms with Gasteiger partial charge >= 0.3 is 29.8 Å². The fraction of sp³-hybridized carbons (Fsp3) is 0.641. The Bertz CT molecular complexity index is 2070. The first-order valence-electron chi connectivity index (χ1n) is 18.4. The van der Waals surface area contributed by atoms with Crippen molar-refractivity contribution in [3.05, 3.63) is 45.1 Å². The minimum Gasteiger partial charge on any atom is -0.461 e. The number of hydrogen-bond acceptors (Lipinski definition) is 14. The highest BCUT2D eigenvalue weighted by atomic mass is 16.7. The van der Waals surface area contributed by atoms with E-state index in [1.54, 1.807) is 6.92 Å². The Hall–Kier alpha value is -4.14. The van der Waals surface area contributed by atoms with Crippen LogP contribution in [0.5, 0.6) is 0 Å². The number of ketones is 1. The number of cyclic esters (lactones) is 3. The fourth-order valence-corrected chi connectivity index (χ4v) is 12.9. The highest BCUT2D eigenvalue weighted by Gasteiger charge is 2.87. The monoisotopic (exact) mass is 732 g/mol. The molecule has 53 heavy (non-hydrogen) atoms. The van der Waals surface area contributed by atoms with Crippen LogP contribution >= 0.6 is 0 Å². The second kappa shape index (κ2) is 9.74.